The predicted molar refractivity (Wildman–Crippen MR) is 103 cm³/mol. The van der Waals surface area contributed by atoms with Gasteiger partial charge in [0, 0.05) is 15.8 Å². The van der Waals surface area contributed by atoms with E-state index >= 15 is 0 Å². The number of esters is 1. The van der Waals surface area contributed by atoms with Crippen LogP contribution in [0.15, 0.2) is 48.5 Å². The number of thiophene rings is 1. The van der Waals surface area contributed by atoms with E-state index in [1.165, 1.54) is 19.1 Å². The molecular formula is C20H18FNO4S. The number of rotatable bonds is 6. The van der Waals surface area contributed by atoms with Crippen molar-refractivity contribution in [3.8, 4) is 5.75 Å². The van der Waals surface area contributed by atoms with Crippen molar-refractivity contribution >= 4 is 39.0 Å². The number of fused-ring (bicyclic) bond motifs is 1. The zero-order chi connectivity index (χ0) is 19.4. The molecule has 1 N–H and O–H groups in total. The quantitative estimate of drug-likeness (QED) is 0.627. The topological polar surface area (TPSA) is 64.6 Å². The minimum Gasteiger partial charge on any atom is -0.494 e. The summed E-state index contributed by atoms with van der Waals surface area (Å²) in [7, 11) is 0. The highest BCUT2D eigenvalue weighted by Gasteiger charge is 2.21. The van der Waals surface area contributed by atoms with Crippen molar-refractivity contribution in [2.75, 3.05) is 11.9 Å². The Bertz CT molecular complexity index is 968. The van der Waals surface area contributed by atoms with Gasteiger partial charge in [0.05, 0.1) is 6.61 Å². The van der Waals surface area contributed by atoms with Crippen molar-refractivity contribution in [3.05, 3.63) is 59.2 Å². The number of hydrogen-bond donors (Lipinski definition) is 1. The molecular weight excluding hydrogens is 369 g/mol. The molecule has 0 aliphatic heterocycles. The zero-order valence-corrected chi connectivity index (χ0v) is 15.6. The summed E-state index contributed by atoms with van der Waals surface area (Å²) in [6, 6.07) is 12.9. The highest BCUT2D eigenvalue weighted by atomic mass is 32.1. The fourth-order valence-electron chi connectivity index (χ4n) is 2.44. The molecule has 3 aromatic rings. The summed E-state index contributed by atoms with van der Waals surface area (Å²) < 4.78 is 25.0. The first-order valence-corrected chi connectivity index (χ1v) is 9.22. The van der Waals surface area contributed by atoms with Gasteiger partial charge in [-0.3, -0.25) is 4.79 Å². The predicted octanol–water partition coefficient (Wildman–Crippen LogP) is 4.62. The lowest BCUT2D eigenvalue weighted by atomic mass is 10.2. The molecule has 0 aliphatic rings. The third-order valence-corrected chi connectivity index (χ3v) is 4.88. The number of anilines is 1. The lowest BCUT2D eigenvalue weighted by molar-refractivity contribution is -0.123. The number of halogens is 1. The smallest absolute Gasteiger partial charge is 0.349 e. The van der Waals surface area contributed by atoms with Gasteiger partial charge in [-0.05, 0) is 56.3 Å². The maximum atomic E-state index is 13.8. The molecule has 0 fully saturated rings. The molecule has 0 radical (unpaired) electrons. The summed E-state index contributed by atoms with van der Waals surface area (Å²) in [4.78, 5) is 24.8. The fraction of sp³-hybridized carbons (Fsp3) is 0.200. The first kappa shape index (κ1) is 18.8. The summed E-state index contributed by atoms with van der Waals surface area (Å²) in [5, 5.41) is 3.04. The van der Waals surface area contributed by atoms with Crippen molar-refractivity contribution in [2.45, 2.75) is 20.0 Å². The molecule has 0 bridgehead atoms. The molecule has 1 heterocycles. The molecule has 5 nitrogen and oxygen atoms in total. The molecule has 3 rings (SSSR count). The molecule has 1 atom stereocenters. The number of hydrogen-bond acceptors (Lipinski definition) is 5. The Morgan fingerprint density at radius 1 is 1.19 bits per heavy atom. The van der Waals surface area contributed by atoms with Crippen molar-refractivity contribution in [1.29, 1.82) is 0 Å². The van der Waals surface area contributed by atoms with E-state index in [1.54, 1.807) is 36.4 Å². The Morgan fingerprint density at radius 3 is 2.59 bits per heavy atom. The van der Waals surface area contributed by atoms with Crippen LogP contribution in [0.25, 0.3) is 10.1 Å². The zero-order valence-electron chi connectivity index (χ0n) is 14.8. The molecule has 0 saturated heterocycles. The molecule has 140 valence electrons. The lowest BCUT2D eigenvalue weighted by Gasteiger charge is -2.13. The van der Waals surface area contributed by atoms with Gasteiger partial charge < -0.3 is 14.8 Å². The van der Waals surface area contributed by atoms with Crippen LogP contribution >= 0.6 is 11.3 Å². The fourth-order valence-corrected chi connectivity index (χ4v) is 3.40. The highest BCUT2D eigenvalue weighted by Crippen LogP contribution is 2.28. The number of carbonyl (C=O) groups is 2. The molecule has 0 unspecified atom stereocenters. The van der Waals surface area contributed by atoms with Gasteiger partial charge in [0.25, 0.3) is 5.91 Å². The number of nitrogens with one attached hydrogen (secondary N) is 1. The molecule has 2 aromatic carbocycles. The average Bonchev–Trinajstić information content (AvgIpc) is 3.09. The Morgan fingerprint density at radius 2 is 1.93 bits per heavy atom. The molecule has 27 heavy (non-hydrogen) atoms. The number of carbonyl (C=O) groups excluding carboxylic acids is 2. The van der Waals surface area contributed by atoms with E-state index in [0.29, 0.717) is 28.1 Å². The highest BCUT2D eigenvalue weighted by molar-refractivity contribution is 7.20. The lowest BCUT2D eigenvalue weighted by Crippen LogP contribution is -2.29. The van der Waals surface area contributed by atoms with Crippen molar-refractivity contribution in [1.82, 2.24) is 0 Å². The minimum absolute atomic E-state index is 0.246. The Hall–Kier alpha value is -2.93. The second-order valence-corrected chi connectivity index (χ2v) is 6.84. The van der Waals surface area contributed by atoms with Crippen molar-refractivity contribution in [2.24, 2.45) is 0 Å². The van der Waals surface area contributed by atoms with Gasteiger partial charge in [0.1, 0.15) is 16.4 Å². The van der Waals surface area contributed by atoms with Crippen molar-refractivity contribution < 1.29 is 23.5 Å². The van der Waals surface area contributed by atoms with Gasteiger partial charge in [-0.2, -0.15) is 0 Å². The third kappa shape index (κ3) is 4.43. The average molecular weight is 387 g/mol. The Labute approximate surface area is 159 Å². The van der Waals surface area contributed by atoms with Gasteiger partial charge in [-0.1, -0.05) is 6.07 Å². The maximum absolute atomic E-state index is 13.8. The van der Waals surface area contributed by atoms with E-state index in [9.17, 15) is 14.0 Å². The maximum Gasteiger partial charge on any atom is 0.349 e. The van der Waals surface area contributed by atoms with Crippen LogP contribution in [0.3, 0.4) is 0 Å². The summed E-state index contributed by atoms with van der Waals surface area (Å²) >= 11 is 1.12. The van der Waals surface area contributed by atoms with Gasteiger partial charge in [-0.15, -0.1) is 11.3 Å². The molecule has 0 saturated carbocycles. The van der Waals surface area contributed by atoms with E-state index in [2.05, 4.69) is 5.32 Å². The normalized spacial score (nSPS) is 11.8. The standard InChI is InChI=1S/C20H18FNO4S/c1-3-25-14-9-7-13(8-10-14)22-19(23)12(2)26-20(24)18-11-15-16(21)5-4-6-17(15)27-18/h4-12H,3H2,1-2H3,(H,22,23)/t12-/m0/s1. The largest absolute Gasteiger partial charge is 0.494 e. The van der Waals surface area contributed by atoms with Crippen LogP contribution in [-0.4, -0.2) is 24.6 Å². The van der Waals surface area contributed by atoms with E-state index in [0.717, 1.165) is 11.3 Å². The van der Waals surface area contributed by atoms with E-state index in [-0.39, 0.29) is 4.88 Å². The molecule has 1 amide bonds. The van der Waals surface area contributed by atoms with E-state index < -0.39 is 23.8 Å². The SMILES string of the molecule is CCOc1ccc(NC(=O)[C@H](C)OC(=O)c2cc3c(F)cccc3s2)cc1. The molecule has 1 aromatic heterocycles. The first-order chi connectivity index (χ1) is 13.0. The third-order valence-electron chi connectivity index (χ3n) is 3.80. The van der Waals surface area contributed by atoms with E-state index in [1.807, 2.05) is 6.92 Å². The van der Waals surface area contributed by atoms with Gasteiger partial charge in [0.2, 0.25) is 0 Å². The minimum atomic E-state index is -1.00. The summed E-state index contributed by atoms with van der Waals surface area (Å²) in [6.45, 7) is 3.92. The van der Waals surface area contributed by atoms with Crippen LogP contribution in [0.2, 0.25) is 0 Å². The van der Waals surface area contributed by atoms with Crippen LogP contribution in [0, 0.1) is 5.82 Å². The number of benzene rings is 2. The molecule has 0 aliphatic carbocycles. The van der Waals surface area contributed by atoms with Crippen LogP contribution < -0.4 is 10.1 Å². The van der Waals surface area contributed by atoms with Crippen LogP contribution in [0.5, 0.6) is 5.75 Å². The second-order valence-electron chi connectivity index (χ2n) is 5.76. The summed E-state index contributed by atoms with van der Waals surface area (Å²) in [6.07, 6.45) is -1.00. The van der Waals surface area contributed by atoms with E-state index in [4.69, 9.17) is 9.47 Å². The van der Waals surface area contributed by atoms with Gasteiger partial charge in [0.15, 0.2) is 6.10 Å². The van der Waals surface area contributed by atoms with Crippen LogP contribution in [0.4, 0.5) is 10.1 Å². The second kappa shape index (κ2) is 8.18. The van der Waals surface area contributed by atoms with Crippen LogP contribution in [0.1, 0.15) is 23.5 Å². The van der Waals surface area contributed by atoms with Gasteiger partial charge in [-0.25, -0.2) is 9.18 Å². The summed E-state index contributed by atoms with van der Waals surface area (Å²) in [5.74, 6) is -0.819. The van der Waals surface area contributed by atoms with Crippen LogP contribution in [-0.2, 0) is 9.53 Å². The van der Waals surface area contributed by atoms with Crippen molar-refractivity contribution in [3.63, 3.8) is 0 Å². The molecule has 7 heteroatoms. The van der Waals surface area contributed by atoms with Gasteiger partial charge >= 0.3 is 5.97 Å². The number of amides is 1. The monoisotopic (exact) mass is 387 g/mol. The number of ether oxygens (including phenoxy) is 2. The first-order valence-electron chi connectivity index (χ1n) is 8.40. The molecule has 0 spiro atoms. The Balaban J connectivity index is 1.62. The Kier molecular flexibility index (Phi) is 5.71. The summed E-state index contributed by atoms with van der Waals surface area (Å²) in [5.41, 5.74) is 0.565.